The van der Waals surface area contributed by atoms with Crippen molar-refractivity contribution in [1.82, 2.24) is 0 Å². The quantitative estimate of drug-likeness (QED) is 0.804. The van der Waals surface area contributed by atoms with Crippen LogP contribution < -0.4 is 10.4 Å². The van der Waals surface area contributed by atoms with Crippen LogP contribution in [0.25, 0.3) is 0 Å². The highest BCUT2D eigenvalue weighted by Gasteiger charge is 2.39. The molecule has 94 valence electrons. The van der Waals surface area contributed by atoms with Gasteiger partial charge in [0.1, 0.15) is 0 Å². The molecule has 0 unspecified atom stereocenters. The second-order valence-electron chi connectivity index (χ2n) is 4.61. The summed E-state index contributed by atoms with van der Waals surface area (Å²) in [5.74, 6) is -1.16. The van der Waals surface area contributed by atoms with Gasteiger partial charge in [-0.15, -0.1) is 0 Å². The lowest BCUT2D eigenvalue weighted by molar-refractivity contribution is -0.308. The summed E-state index contributed by atoms with van der Waals surface area (Å²) in [5, 5.41) is 15.3. The van der Waals surface area contributed by atoms with E-state index < -0.39 is 12.0 Å². The van der Waals surface area contributed by atoms with Gasteiger partial charge >= 0.3 is 0 Å². The van der Waals surface area contributed by atoms with E-state index in [1.165, 1.54) is 0 Å². The predicted octanol–water partition coefficient (Wildman–Crippen LogP) is 2.20. The van der Waals surface area contributed by atoms with Crippen molar-refractivity contribution in [3.8, 4) is 0 Å². The number of allylic oxidation sites excluding steroid dienone is 2. The Morgan fingerprint density at radius 2 is 2.06 bits per heavy atom. The maximum absolute atomic E-state index is 11.2. The lowest BCUT2D eigenvalue weighted by atomic mass is 9.79. The molecule has 1 aromatic carbocycles. The van der Waals surface area contributed by atoms with E-state index in [2.05, 4.69) is 5.32 Å². The maximum Gasteiger partial charge on any atom is 0.0699 e. The fraction of sp³-hybridized carbons (Fsp3) is 0.308. The number of rotatable bonds is 1. The number of nitrogens with one attached hydrogen (secondary N) is 1. The molecule has 0 amide bonds. The molecule has 5 heteroatoms. The van der Waals surface area contributed by atoms with Gasteiger partial charge in [-0.2, -0.15) is 0 Å². The zero-order valence-corrected chi connectivity index (χ0v) is 10.8. The van der Waals surface area contributed by atoms with Gasteiger partial charge in [-0.3, -0.25) is 0 Å². The Balaban J connectivity index is 2.17. The van der Waals surface area contributed by atoms with Crippen LogP contribution in [-0.2, 0) is 4.79 Å². The van der Waals surface area contributed by atoms with Crippen LogP contribution in [0.5, 0.6) is 0 Å². The van der Waals surface area contributed by atoms with Crippen LogP contribution in [0.4, 0.5) is 5.69 Å². The van der Waals surface area contributed by atoms with Crippen molar-refractivity contribution >= 4 is 34.9 Å². The van der Waals surface area contributed by atoms with Crippen molar-refractivity contribution in [3.63, 3.8) is 0 Å². The fourth-order valence-corrected chi connectivity index (χ4v) is 3.36. The maximum atomic E-state index is 11.2. The van der Waals surface area contributed by atoms with Gasteiger partial charge in [0, 0.05) is 16.5 Å². The summed E-state index contributed by atoms with van der Waals surface area (Å²) in [6.45, 7) is 0. The standard InChI is InChI=1S/C13H11Cl2NO2/c14-8-4-5-9(15)12-10(8)6-2-1-3-7(6)11(16-12)13(17)18/h1-2,4-7,11,16H,3H2,(H,17,18)/p-1/t6-,7+,11-/m0/s1. The number of anilines is 1. The molecule has 0 fully saturated rings. The normalized spacial score (nSPS) is 28.4. The molecule has 0 aromatic heterocycles. The summed E-state index contributed by atoms with van der Waals surface area (Å²) in [6.07, 6.45) is 4.69. The minimum atomic E-state index is -1.10. The second-order valence-corrected chi connectivity index (χ2v) is 5.43. The number of hydrogen-bond donors (Lipinski definition) is 1. The molecule has 2 aliphatic rings. The van der Waals surface area contributed by atoms with Gasteiger partial charge in [0.2, 0.25) is 0 Å². The van der Waals surface area contributed by atoms with Crippen LogP contribution in [0, 0.1) is 5.92 Å². The van der Waals surface area contributed by atoms with Crippen molar-refractivity contribution < 1.29 is 9.90 Å². The predicted molar refractivity (Wildman–Crippen MR) is 68.9 cm³/mol. The first-order valence-corrected chi connectivity index (χ1v) is 6.47. The molecule has 1 aromatic rings. The third-order valence-corrected chi connectivity index (χ3v) is 4.31. The first kappa shape index (κ1) is 11.9. The molecule has 1 aliphatic heterocycles. The molecule has 0 saturated heterocycles. The Labute approximate surface area is 114 Å². The molecule has 1 N–H and O–H groups in total. The van der Waals surface area contributed by atoms with Crippen LogP contribution in [0.15, 0.2) is 24.3 Å². The fourth-order valence-electron chi connectivity index (χ4n) is 2.86. The molecule has 1 aliphatic carbocycles. The molecule has 0 spiro atoms. The zero-order valence-electron chi connectivity index (χ0n) is 9.32. The van der Waals surface area contributed by atoms with Gasteiger partial charge in [-0.25, -0.2) is 0 Å². The lowest BCUT2D eigenvalue weighted by Crippen LogP contribution is -2.49. The highest BCUT2D eigenvalue weighted by Crippen LogP contribution is 2.49. The number of carboxylic acids is 1. The van der Waals surface area contributed by atoms with Gasteiger partial charge in [0.25, 0.3) is 0 Å². The van der Waals surface area contributed by atoms with Crippen molar-refractivity contribution in [2.24, 2.45) is 5.92 Å². The first-order valence-electron chi connectivity index (χ1n) is 5.71. The summed E-state index contributed by atoms with van der Waals surface area (Å²) in [6, 6.07) is 2.68. The minimum Gasteiger partial charge on any atom is -0.548 e. The van der Waals surface area contributed by atoms with Crippen molar-refractivity contribution in [1.29, 1.82) is 0 Å². The number of carbonyl (C=O) groups is 1. The molecule has 3 rings (SSSR count). The highest BCUT2D eigenvalue weighted by atomic mass is 35.5. The van der Waals surface area contributed by atoms with Gasteiger partial charge < -0.3 is 15.2 Å². The summed E-state index contributed by atoms with van der Waals surface area (Å²) >= 11 is 12.3. The third-order valence-electron chi connectivity index (χ3n) is 3.67. The zero-order chi connectivity index (χ0) is 12.9. The molecular formula is C13H10Cl2NO2-. The summed E-state index contributed by atoms with van der Waals surface area (Å²) in [4.78, 5) is 11.2. The largest absolute Gasteiger partial charge is 0.548 e. The van der Waals surface area contributed by atoms with Gasteiger partial charge in [-0.05, 0) is 24.5 Å². The Kier molecular flexibility index (Phi) is 2.76. The van der Waals surface area contributed by atoms with Crippen LogP contribution in [0.1, 0.15) is 17.9 Å². The Bertz CT molecular complexity index is 556. The number of halogens is 2. The third kappa shape index (κ3) is 1.62. The number of hydrogen-bond acceptors (Lipinski definition) is 3. The van der Waals surface area contributed by atoms with E-state index in [-0.39, 0.29) is 11.8 Å². The number of carbonyl (C=O) groups excluding carboxylic acids is 1. The number of carboxylic acid groups (broad SMARTS) is 1. The molecule has 0 radical (unpaired) electrons. The summed E-state index contributed by atoms with van der Waals surface area (Å²) < 4.78 is 0. The lowest BCUT2D eigenvalue weighted by Gasteiger charge is -2.38. The Hall–Kier alpha value is -1.19. The van der Waals surface area contributed by atoms with Crippen molar-refractivity contribution in [2.75, 3.05) is 5.32 Å². The minimum absolute atomic E-state index is 0.00431. The number of aliphatic carboxylic acids is 1. The molecule has 0 saturated carbocycles. The molecule has 0 bridgehead atoms. The smallest absolute Gasteiger partial charge is 0.0699 e. The molecule has 3 atom stereocenters. The molecular weight excluding hydrogens is 273 g/mol. The molecule has 1 heterocycles. The molecule has 18 heavy (non-hydrogen) atoms. The van der Waals surface area contributed by atoms with Gasteiger partial charge in [0.15, 0.2) is 0 Å². The van der Waals surface area contributed by atoms with E-state index >= 15 is 0 Å². The van der Waals surface area contributed by atoms with Crippen molar-refractivity contribution in [2.45, 2.75) is 18.4 Å². The second kappa shape index (κ2) is 4.18. The SMILES string of the molecule is O=C([O-])[C@H]1Nc2c(Cl)ccc(Cl)c2[C@H]2C=CC[C@@H]12. The van der Waals surface area contributed by atoms with E-state index in [0.29, 0.717) is 22.2 Å². The monoisotopic (exact) mass is 282 g/mol. The topological polar surface area (TPSA) is 52.2 Å². The van der Waals surface area contributed by atoms with Crippen molar-refractivity contribution in [3.05, 3.63) is 39.9 Å². The van der Waals surface area contributed by atoms with Crippen LogP contribution in [-0.4, -0.2) is 12.0 Å². The number of benzene rings is 1. The number of fused-ring (bicyclic) bond motifs is 3. The molecule has 3 nitrogen and oxygen atoms in total. The van der Waals surface area contributed by atoms with Gasteiger partial charge in [0.05, 0.1) is 22.7 Å². The van der Waals surface area contributed by atoms with E-state index in [4.69, 9.17) is 23.2 Å². The van der Waals surface area contributed by atoms with E-state index in [1.54, 1.807) is 12.1 Å². The average Bonchev–Trinajstić information content (AvgIpc) is 2.81. The summed E-state index contributed by atoms with van der Waals surface area (Å²) in [7, 11) is 0. The Morgan fingerprint density at radius 3 is 2.78 bits per heavy atom. The highest BCUT2D eigenvalue weighted by molar-refractivity contribution is 6.36. The van der Waals surface area contributed by atoms with Crippen LogP contribution in [0.2, 0.25) is 10.0 Å². The van der Waals surface area contributed by atoms with Crippen LogP contribution in [0.3, 0.4) is 0 Å². The first-order chi connectivity index (χ1) is 8.59. The van der Waals surface area contributed by atoms with Crippen LogP contribution >= 0.6 is 23.2 Å². The van der Waals surface area contributed by atoms with E-state index in [9.17, 15) is 9.90 Å². The van der Waals surface area contributed by atoms with E-state index in [0.717, 1.165) is 5.56 Å². The Morgan fingerprint density at radius 1 is 1.33 bits per heavy atom. The van der Waals surface area contributed by atoms with E-state index in [1.807, 2.05) is 12.2 Å². The summed E-state index contributed by atoms with van der Waals surface area (Å²) in [5.41, 5.74) is 1.51. The van der Waals surface area contributed by atoms with Gasteiger partial charge in [-0.1, -0.05) is 35.4 Å². The average molecular weight is 283 g/mol.